The van der Waals surface area contributed by atoms with E-state index in [1.54, 1.807) is 0 Å². The van der Waals surface area contributed by atoms with E-state index in [0.717, 1.165) is 24.9 Å². The lowest BCUT2D eigenvalue weighted by Crippen LogP contribution is -2.48. The van der Waals surface area contributed by atoms with E-state index in [0.29, 0.717) is 6.10 Å². The van der Waals surface area contributed by atoms with Gasteiger partial charge in [0.2, 0.25) is 0 Å². The van der Waals surface area contributed by atoms with Crippen LogP contribution in [-0.4, -0.2) is 24.8 Å². The molecule has 2 fully saturated rings. The van der Waals surface area contributed by atoms with E-state index >= 15 is 0 Å². The van der Waals surface area contributed by atoms with Crippen LogP contribution in [0.4, 0.5) is 0 Å². The van der Waals surface area contributed by atoms with Crippen molar-refractivity contribution in [3.8, 4) is 0 Å². The van der Waals surface area contributed by atoms with Crippen LogP contribution in [0.25, 0.3) is 0 Å². The van der Waals surface area contributed by atoms with Gasteiger partial charge in [0.1, 0.15) is 0 Å². The van der Waals surface area contributed by atoms with Crippen molar-refractivity contribution in [1.29, 1.82) is 0 Å². The number of nitrogens with one attached hydrogen (secondary N) is 1. The summed E-state index contributed by atoms with van der Waals surface area (Å²) in [6, 6.07) is 0. The number of rotatable bonds is 6. The molecule has 2 heteroatoms. The predicted molar refractivity (Wildman–Crippen MR) is 86.0 cm³/mol. The maximum atomic E-state index is 6.72. The Bertz CT molecular complexity index is 271. The number of hydrogen-bond acceptors (Lipinski definition) is 2. The summed E-state index contributed by atoms with van der Waals surface area (Å²) in [4.78, 5) is 0. The molecule has 2 aliphatic carbocycles. The Hall–Kier alpha value is -0.0800. The van der Waals surface area contributed by atoms with Crippen molar-refractivity contribution >= 4 is 0 Å². The van der Waals surface area contributed by atoms with Crippen LogP contribution < -0.4 is 5.32 Å². The molecule has 0 aromatic rings. The third-order valence-electron chi connectivity index (χ3n) is 5.36. The van der Waals surface area contributed by atoms with Crippen LogP contribution in [0, 0.1) is 11.8 Å². The average Bonchev–Trinajstić information content (AvgIpc) is 2.43. The summed E-state index contributed by atoms with van der Waals surface area (Å²) in [5.41, 5.74) is 0.142. The fraction of sp³-hybridized carbons (Fsp3) is 1.00. The van der Waals surface area contributed by atoms with Gasteiger partial charge in [0, 0.05) is 6.54 Å². The molecule has 1 N–H and O–H groups in total. The zero-order valence-corrected chi connectivity index (χ0v) is 13.9. The fourth-order valence-corrected chi connectivity index (χ4v) is 3.96. The summed E-state index contributed by atoms with van der Waals surface area (Å²) in [6.45, 7) is 9.22. The van der Waals surface area contributed by atoms with E-state index in [4.69, 9.17) is 4.74 Å². The van der Waals surface area contributed by atoms with Crippen molar-refractivity contribution in [3.05, 3.63) is 0 Å². The van der Waals surface area contributed by atoms with Crippen molar-refractivity contribution in [3.63, 3.8) is 0 Å². The maximum Gasteiger partial charge on any atom is 0.0810 e. The van der Waals surface area contributed by atoms with Crippen molar-refractivity contribution in [2.45, 2.75) is 90.3 Å². The third kappa shape index (κ3) is 4.73. The zero-order chi connectivity index (χ0) is 14.4. The van der Waals surface area contributed by atoms with E-state index in [1.165, 1.54) is 57.8 Å². The molecule has 0 heterocycles. The molecule has 0 aromatic carbocycles. The average molecular weight is 281 g/mol. The second kappa shape index (κ2) is 7.79. The fourth-order valence-electron chi connectivity index (χ4n) is 3.96. The molecule has 0 aliphatic heterocycles. The van der Waals surface area contributed by atoms with Gasteiger partial charge < -0.3 is 10.1 Å². The first-order chi connectivity index (χ1) is 9.63. The topological polar surface area (TPSA) is 21.3 Å². The Labute approximate surface area is 126 Å². The monoisotopic (exact) mass is 281 g/mol. The van der Waals surface area contributed by atoms with E-state index in [9.17, 15) is 0 Å². The lowest BCUT2D eigenvalue weighted by molar-refractivity contribution is -0.130. The summed E-state index contributed by atoms with van der Waals surface area (Å²) in [6.07, 6.45) is 12.3. The van der Waals surface area contributed by atoms with E-state index in [2.05, 4.69) is 26.1 Å². The molecule has 0 radical (unpaired) electrons. The molecule has 2 unspecified atom stereocenters. The number of hydrogen-bond donors (Lipinski definition) is 1. The molecule has 0 amide bonds. The minimum Gasteiger partial charge on any atom is -0.370 e. The van der Waals surface area contributed by atoms with Crippen LogP contribution in [0.3, 0.4) is 0 Å². The van der Waals surface area contributed by atoms with Crippen LogP contribution in [-0.2, 0) is 4.74 Å². The van der Waals surface area contributed by atoms with Crippen molar-refractivity contribution in [2.75, 3.05) is 13.1 Å². The quantitative estimate of drug-likeness (QED) is 0.722. The summed E-state index contributed by atoms with van der Waals surface area (Å²) in [5, 5.41) is 3.64. The largest absolute Gasteiger partial charge is 0.370 e. The van der Waals surface area contributed by atoms with Crippen molar-refractivity contribution < 1.29 is 4.74 Å². The second-order valence-corrected chi connectivity index (χ2v) is 7.55. The van der Waals surface area contributed by atoms with Gasteiger partial charge in [-0.05, 0) is 63.3 Å². The second-order valence-electron chi connectivity index (χ2n) is 7.55. The number of ether oxygens (including phenoxy) is 1. The van der Waals surface area contributed by atoms with Gasteiger partial charge in [0.05, 0.1) is 11.7 Å². The minimum atomic E-state index is 0.142. The van der Waals surface area contributed by atoms with Gasteiger partial charge in [-0.25, -0.2) is 0 Å². The Balaban J connectivity index is 1.91. The molecule has 0 spiro atoms. The Morgan fingerprint density at radius 3 is 2.45 bits per heavy atom. The first-order valence-electron chi connectivity index (χ1n) is 9.02. The van der Waals surface area contributed by atoms with Crippen LogP contribution in [0.5, 0.6) is 0 Å². The molecule has 118 valence electrons. The molecule has 2 saturated carbocycles. The molecular formula is C18H35NO. The third-order valence-corrected chi connectivity index (χ3v) is 5.36. The molecule has 2 aliphatic rings. The lowest BCUT2D eigenvalue weighted by Gasteiger charge is -2.43. The minimum absolute atomic E-state index is 0.142. The maximum absolute atomic E-state index is 6.72. The summed E-state index contributed by atoms with van der Waals surface area (Å²) in [5.74, 6) is 1.75. The van der Waals surface area contributed by atoms with Gasteiger partial charge >= 0.3 is 0 Å². The van der Waals surface area contributed by atoms with Gasteiger partial charge in [-0.1, -0.05) is 33.6 Å². The zero-order valence-electron chi connectivity index (χ0n) is 13.9. The normalized spacial score (nSPS) is 38.9. The van der Waals surface area contributed by atoms with Gasteiger partial charge in [0.15, 0.2) is 0 Å². The van der Waals surface area contributed by atoms with Gasteiger partial charge in [-0.15, -0.1) is 0 Å². The first kappa shape index (κ1) is 16.3. The molecule has 2 rings (SSSR count). The molecule has 0 aromatic heterocycles. The van der Waals surface area contributed by atoms with Crippen LogP contribution >= 0.6 is 0 Å². The molecular weight excluding hydrogens is 246 g/mol. The molecule has 20 heavy (non-hydrogen) atoms. The molecule has 2 nitrogen and oxygen atoms in total. The Morgan fingerprint density at radius 2 is 1.80 bits per heavy atom. The van der Waals surface area contributed by atoms with Crippen molar-refractivity contribution in [2.24, 2.45) is 11.8 Å². The van der Waals surface area contributed by atoms with Gasteiger partial charge in [-0.2, -0.15) is 0 Å². The summed E-state index contributed by atoms with van der Waals surface area (Å²) in [7, 11) is 0. The van der Waals surface area contributed by atoms with E-state index < -0.39 is 0 Å². The Kier molecular flexibility index (Phi) is 6.35. The highest BCUT2D eigenvalue weighted by molar-refractivity contribution is 4.90. The molecule has 2 atom stereocenters. The first-order valence-corrected chi connectivity index (χ1v) is 9.02. The summed E-state index contributed by atoms with van der Waals surface area (Å²) >= 11 is 0. The van der Waals surface area contributed by atoms with E-state index in [-0.39, 0.29) is 5.60 Å². The van der Waals surface area contributed by atoms with Gasteiger partial charge in [-0.3, -0.25) is 0 Å². The molecule has 0 bridgehead atoms. The smallest absolute Gasteiger partial charge is 0.0810 e. The SMILES string of the molecule is CCCNCC1(OC2CCCC(C)C2)CCC(C)CC1. The van der Waals surface area contributed by atoms with Crippen LogP contribution in [0.1, 0.15) is 78.6 Å². The van der Waals surface area contributed by atoms with Gasteiger partial charge in [0.25, 0.3) is 0 Å². The lowest BCUT2D eigenvalue weighted by atomic mass is 9.78. The standard InChI is InChI=1S/C18H35NO/c1-4-12-19-14-18(10-8-15(2)9-11-18)20-17-7-5-6-16(3)13-17/h15-17,19H,4-14H2,1-3H3. The summed E-state index contributed by atoms with van der Waals surface area (Å²) < 4.78 is 6.72. The van der Waals surface area contributed by atoms with Crippen LogP contribution in [0.2, 0.25) is 0 Å². The molecule has 0 saturated heterocycles. The highest BCUT2D eigenvalue weighted by Gasteiger charge is 2.37. The van der Waals surface area contributed by atoms with E-state index in [1.807, 2.05) is 0 Å². The Morgan fingerprint density at radius 1 is 1.05 bits per heavy atom. The highest BCUT2D eigenvalue weighted by atomic mass is 16.5. The highest BCUT2D eigenvalue weighted by Crippen LogP contribution is 2.38. The van der Waals surface area contributed by atoms with Crippen molar-refractivity contribution in [1.82, 2.24) is 5.32 Å². The predicted octanol–water partition coefficient (Wildman–Crippen LogP) is 4.53. The van der Waals surface area contributed by atoms with Crippen LogP contribution in [0.15, 0.2) is 0 Å².